The number of nitrogens with zero attached hydrogens (tertiary/aromatic N) is 1. The van der Waals surface area contributed by atoms with Crippen molar-refractivity contribution in [2.24, 2.45) is 0 Å². The van der Waals surface area contributed by atoms with Gasteiger partial charge in [-0.1, -0.05) is 11.6 Å². The highest BCUT2D eigenvalue weighted by Gasteiger charge is 2.16. The molecule has 0 heterocycles. The molecule has 20 heavy (non-hydrogen) atoms. The van der Waals surface area contributed by atoms with Crippen molar-refractivity contribution in [3.8, 4) is 0 Å². The molecule has 0 bridgehead atoms. The number of hydrogen-bond acceptors (Lipinski definition) is 4. The van der Waals surface area contributed by atoms with E-state index in [1.807, 2.05) is 0 Å². The number of benzene rings is 1. The van der Waals surface area contributed by atoms with Crippen molar-refractivity contribution in [3.05, 3.63) is 38.9 Å². The van der Waals surface area contributed by atoms with Crippen molar-refractivity contribution in [2.75, 3.05) is 11.9 Å². The van der Waals surface area contributed by atoms with Crippen LogP contribution < -0.4 is 5.32 Å². The highest BCUT2D eigenvalue weighted by molar-refractivity contribution is 6.31. The molecule has 0 atom stereocenters. The van der Waals surface area contributed by atoms with Gasteiger partial charge in [-0.05, 0) is 44.5 Å². The molecule has 0 spiro atoms. The van der Waals surface area contributed by atoms with E-state index < -0.39 is 16.6 Å². The molecule has 110 valence electrons. The fourth-order valence-electron chi connectivity index (χ4n) is 1.48. The second-order valence-corrected chi connectivity index (χ2v) is 5.65. The number of hydrogen-bond donors (Lipinski definition) is 1. The predicted octanol–water partition coefficient (Wildman–Crippen LogP) is 3.51. The number of halogens is 1. The van der Waals surface area contributed by atoms with Crippen molar-refractivity contribution >= 4 is 23.4 Å². The van der Waals surface area contributed by atoms with Gasteiger partial charge in [0.2, 0.25) is 6.54 Å². The third-order valence-corrected chi connectivity index (χ3v) is 2.62. The highest BCUT2D eigenvalue weighted by atomic mass is 35.5. The third kappa shape index (κ3) is 5.88. The molecular weight excluding hydrogens is 284 g/mol. The number of ether oxygens (including phenoxy) is 1. The summed E-state index contributed by atoms with van der Waals surface area (Å²) in [6, 6.07) is 4.81. The molecule has 1 aromatic carbocycles. The first-order valence-electron chi connectivity index (χ1n) is 6.07. The Kier molecular flexibility index (Phi) is 5.33. The molecule has 0 aliphatic carbocycles. The lowest BCUT2D eigenvalue weighted by Gasteiger charge is -2.19. The average Bonchev–Trinajstić information content (AvgIpc) is 2.27. The second kappa shape index (κ2) is 6.56. The molecule has 7 heteroatoms. The zero-order chi connectivity index (χ0) is 15.3. The van der Waals surface area contributed by atoms with Gasteiger partial charge in [-0.15, -0.1) is 0 Å². The summed E-state index contributed by atoms with van der Waals surface area (Å²) in [5, 5.41) is 13.4. The van der Waals surface area contributed by atoms with E-state index in [0.29, 0.717) is 16.3 Å². The fourth-order valence-corrected chi connectivity index (χ4v) is 1.69. The van der Waals surface area contributed by atoms with E-state index in [2.05, 4.69) is 5.32 Å². The van der Waals surface area contributed by atoms with Crippen LogP contribution in [0, 0.1) is 10.1 Å². The van der Waals surface area contributed by atoms with Gasteiger partial charge in [0.1, 0.15) is 5.60 Å². The van der Waals surface area contributed by atoms with Gasteiger partial charge >= 0.3 is 6.09 Å². The lowest BCUT2D eigenvalue weighted by molar-refractivity contribution is -0.479. The maximum Gasteiger partial charge on any atom is 0.412 e. The lowest BCUT2D eigenvalue weighted by atomic mass is 10.1. The van der Waals surface area contributed by atoms with Crippen molar-refractivity contribution < 1.29 is 14.5 Å². The van der Waals surface area contributed by atoms with E-state index in [9.17, 15) is 14.9 Å². The van der Waals surface area contributed by atoms with Crippen molar-refractivity contribution in [1.82, 2.24) is 0 Å². The van der Waals surface area contributed by atoms with Crippen molar-refractivity contribution in [2.45, 2.75) is 32.8 Å². The summed E-state index contributed by atoms with van der Waals surface area (Å²) in [6.45, 7) is 5.07. The maximum atomic E-state index is 11.6. The monoisotopic (exact) mass is 300 g/mol. The lowest BCUT2D eigenvalue weighted by Crippen LogP contribution is -2.27. The zero-order valence-electron chi connectivity index (χ0n) is 11.6. The predicted molar refractivity (Wildman–Crippen MR) is 76.9 cm³/mol. The first-order valence-corrected chi connectivity index (χ1v) is 6.45. The molecule has 0 saturated heterocycles. The standard InChI is InChI=1S/C13H17ClN2O4/c1-13(2,3)20-12(17)15-10-4-5-11(14)9(8-10)6-7-16(18)19/h4-5,8H,6-7H2,1-3H3,(H,15,17). The summed E-state index contributed by atoms with van der Waals surface area (Å²) >= 11 is 5.96. The molecule has 1 N–H and O–H groups in total. The molecule has 0 aliphatic heterocycles. The van der Waals surface area contributed by atoms with Gasteiger partial charge < -0.3 is 4.74 Å². The van der Waals surface area contributed by atoms with Gasteiger partial charge in [-0.25, -0.2) is 4.79 Å². The van der Waals surface area contributed by atoms with Crippen LogP contribution in [0.4, 0.5) is 10.5 Å². The number of carbonyl (C=O) groups excluding carboxylic acids is 1. The van der Waals surface area contributed by atoms with E-state index in [0.717, 1.165) is 0 Å². The van der Waals surface area contributed by atoms with Crippen LogP contribution >= 0.6 is 11.6 Å². The Balaban J connectivity index is 2.74. The zero-order valence-corrected chi connectivity index (χ0v) is 12.4. The highest BCUT2D eigenvalue weighted by Crippen LogP contribution is 2.21. The maximum absolute atomic E-state index is 11.6. The van der Waals surface area contributed by atoms with Gasteiger partial charge in [0.15, 0.2) is 0 Å². The summed E-state index contributed by atoms with van der Waals surface area (Å²) in [5.74, 6) is 0. The number of nitrogens with one attached hydrogen (secondary N) is 1. The van der Waals surface area contributed by atoms with Crippen LogP contribution in [-0.4, -0.2) is 23.2 Å². The minimum atomic E-state index is -0.592. The first-order chi connectivity index (χ1) is 9.17. The largest absolute Gasteiger partial charge is 0.444 e. The molecular formula is C13H17ClN2O4. The Morgan fingerprint density at radius 2 is 2.10 bits per heavy atom. The van der Waals surface area contributed by atoms with Gasteiger partial charge in [0.05, 0.1) is 0 Å². The van der Waals surface area contributed by atoms with Crippen LogP contribution in [0.3, 0.4) is 0 Å². The number of nitro groups is 1. The van der Waals surface area contributed by atoms with E-state index in [1.54, 1.807) is 39.0 Å². The molecule has 0 radical (unpaired) electrons. The molecule has 0 aromatic heterocycles. The Bertz CT molecular complexity index is 512. The molecule has 6 nitrogen and oxygen atoms in total. The fraction of sp³-hybridized carbons (Fsp3) is 0.462. The van der Waals surface area contributed by atoms with E-state index in [1.165, 1.54) is 0 Å². The smallest absolute Gasteiger partial charge is 0.412 e. The summed E-state index contributed by atoms with van der Waals surface area (Å²) in [5.41, 5.74) is 0.504. The molecule has 0 saturated carbocycles. The molecule has 0 fully saturated rings. The van der Waals surface area contributed by atoms with Gasteiger partial charge in [-0.2, -0.15) is 0 Å². The molecule has 0 unspecified atom stereocenters. The summed E-state index contributed by atoms with van der Waals surface area (Å²) in [6.07, 6.45) is -0.379. The SMILES string of the molecule is CC(C)(C)OC(=O)Nc1ccc(Cl)c(CC[N+](=O)[O-])c1. The van der Waals surface area contributed by atoms with E-state index in [4.69, 9.17) is 16.3 Å². The van der Waals surface area contributed by atoms with Gasteiger partial charge in [0, 0.05) is 22.1 Å². The van der Waals surface area contributed by atoms with Crippen LogP contribution in [0.25, 0.3) is 0 Å². The Labute approximate surface area is 122 Å². The second-order valence-electron chi connectivity index (χ2n) is 5.24. The summed E-state index contributed by atoms with van der Waals surface area (Å²) < 4.78 is 5.12. The number of amides is 1. The molecule has 0 aliphatic rings. The van der Waals surface area contributed by atoms with Crippen LogP contribution in [0.1, 0.15) is 26.3 Å². The Morgan fingerprint density at radius 1 is 1.45 bits per heavy atom. The Hall–Kier alpha value is -1.82. The average molecular weight is 301 g/mol. The summed E-state index contributed by atoms with van der Waals surface area (Å²) in [4.78, 5) is 21.6. The van der Waals surface area contributed by atoms with Crippen LogP contribution in [-0.2, 0) is 11.2 Å². The normalized spacial score (nSPS) is 11.0. The third-order valence-electron chi connectivity index (χ3n) is 2.25. The quantitative estimate of drug-likeness (QED) is 0.681. The van der Waals surface area contributed by atoms with Crippen LogP contribution in [0.2, 0.25) is 5.02 Å². The number of anilines is 1. The van der Waals surface area contributed by atoms with E-state index in [-0.39, 0.29) is 13.0 Å². The Morgan fingerprint density at radius 3 is 2.65 bits per heavy atom. The molecule has 1 aromatic rings. The molecule has 1 rings (SSSR count). The van der Waals surface area contributed by atoms with Gasteiger partial charge in [0.25, 0.3) is 0 Å². The van der Waals surface area contributed by atoms with Crippen molar-refractivity contribution in [3.63, 3.8) is 0 Å². The van der Waals surface area contributed by atoms with Crippen LogP contribution in [0.15, 0.2) is 18.2 Å². The topological polar surface area (TPSA) is 81.5 Å². The van der Waals surface area contributed by atoms with Crippen LogP contribution in [0.5, 0.6) is 0 Å². The number of rotatable bonds is 4. The number of carbonyl (C=O) groups is 1. The first kappa shape index (κ1) is 16.2. The summed E-state index contributed by atoms with van der Waals surface area (Å²) in [7, 11) is 0. The van der Waals surface area contributed by atoms with E-state index >= 15 is 0 Å². The van der Waals surface area contributed by atoms with Crippen molar-refractivity contribution in [1.29, 1.82) is 0 Å². The minimum Gasteiger partial charge on any atom is -0.444 e. The minimum absolute atomic E-state index is 0.204. The molecule has 1 amide bonds. The van der Waals surface area contributed by atoms with Gasteiger partial charge in [-0.3, -0.25) is 15.4 Å².